The highest BCUT2D eigenvalue weighted by Gasteiger charge is 2.27. The van der Waals surface area contributed by atoms with Gasteiger partial charge in [0.1, 0.15) is 0 Å². The van der Waals surface area contributed by atoms with E-state index in [2.05, 4.69) is 5.32 Å². The normalized spacial score (nSPS) is 15.6. The van der Waals surface area contributed by atoms with E-state index in [0.29, 0.717) is 18.0 Å². The van der Waals surface area contributed by atoms with Crippen LogP contribution in [0.3, 0.4) is 0 Å². The second-order valence-corrected chi connectivity index (χ2v) is 4.96. The predicted octanol–water partition coefficient (Wildman–Crippen LogP) is 1.86. The SMILES string of the molecule is CN(CC1CC1)C(=O)N[C@H](C(=O)O)c1ccccc1. The molecule has 0 bridgehead atoms. The number of rotatable bonds is 5. The average Bonchev–Trinajstić information content (AvgIpc) is 3.20. The predicted molar refractivity (Wildman–Crippen MR) is 70.7 cm³/mol. The van der Waals surface area contributed by atoms with Crippen LogP contribution in [-0.2, 0) is 4.79 Å². The van der Waals surface area contributed by atoms with Crippen LogP contribution in [0.15, 0.2) is 30.3 Å². The molecule has 0 radical (unpaired) electrons. The number of carbonyl (C=O) groups is 2. The number of benzene rings is 1. The zero-order valence-corrected chi connectivity index (χ0v) is 10.9. The number of carboxylic acid groups (broad SMARTS) is 1. The maximum Gasteiger partial charge on any atom is 0.330 e. The maximum absolute atomic E-state index is 11.9. The Morgan fingerprint density at radius 3 is 2.53 bits per heavy atom. The summed E-state index contributed by atoms with van der Waals surface area (Å²) < 4.78 is 0. The van der Waals surface area contributed by atoms with Crippen molar-refractivity contribution in [3.63, 3.8) is 0 Å². The number of aliphatic carboxylic acids is 1. The summed E-state index contributed by atoms with van der Waals surface area (Å²) in [6, 6.07) is 7.36. The van der Waals surface area contributed by atoms with Crippen molar-refractivity contribution >= 4 is 12.0 Å². The van der Waals surface area contributed by atoms with Crippen molar-refractivity contribution in [1.29, 1.82) is 0 Å². The van der Waals surface area contributed by atoms with Crippen LogP contribution in [-0.4, -0.2) is 35.6 Å². The molecule has 1 aliphatic rings. The molecule has 2 rings (SSSR count). The first-order valence-electron chi connectivity index (χ1n) is 6.37. The molecule has 1 fully saturated rings. The Labute approximate surface area is 112 Å². The van der Waals surface area contributed by atoms with Gasteiger partial charge in [-0.15, -0.1) is 0 Å². The molecule has 19 heavy (non-hydrogen) atoms. The van der Waals surface area contributed by atoms with Gasteiger partial charge in [-0.25, -0.2) is 9.59 Å². The van der Waals surface area contributed by atoms with Crippen molar-refractivity contribution in [3.8, 4) is 0 Å². The van der Waals surface area contributed by atoms with Crippen molar-refractivity contribution in [2.45, 2.75) is 18.9 Å². The van der Waals surface area contributed by atoms with Gasteiger partial charge in [0.25, 0.3) is 0 Å². The molecule has 0 aliphatic heterocycles. The van der Waals surface area contributed by atoms with Gasteiger partial charge >= 0.3 is 12.0 Å². The van der Waals surface area contributed by atoms with E-state index < -0.39 is 12.0 Å². The van der Waals surface area contributed by atoms with E-state index in [9.17, 15) is 14.7 Å². The van der Waals surface area contributed by atoms with Crippen molar-refractivity contribution < 1.29 is 14.7 Å². The lowest BCUT2D eigenvalue weighted by Gasteiger charge is -2.21. The second kappa shape index (κ2) is 5.73. The van der Waals surface area contributed by atoms with Crippen LogP contribution in [0.2, 0.25) is 0 Å². The third-order valence-corrected chi connectivity index (χ3v) is 3.22. The Hall–Kier alpha value is -2.04. The number of amides is 2. The molecule has 5 heteroatoms. The van der Waals surface area contributed by atoms with Crippen LogP contribution in [0, 0.1) is 5.92 Å². The molecule has 5 nitrogen and oxygen atoms in total. The fourth-order valence-corrected chi connectivity index (χ4v) is 1.94. The summed E-state index contributed by atoms with van der Waals surface area (Å²) in [5.74, 6) is -0.477. The van der Waals surface area contributed by atoms with E-state index in [0.717, 1.165) is 12.8 Å². The van der Waals surface area contributed by atoms with Crippen LogP contribution >= 0.6 is 0 Å². The molecular weight excluding hydrogens is 244 g/mol. The number of hydrogen-bond acceptors (Lipinski definition) is 2. The van der Waals surface area contributed by atoms with Crippen molar-refractivity contribution in [2.75, 3.05) is 13.6 Å². The smallest absolute Gasteiger partial charge is 0.330 e. The molecule has 1 saturated carbocycles. The van der Waals surface area contributed by atoms with E-state index in [1.165, 1.54) is 0 Å². The number of carbonyl (C=O) groups excluding carboxylic acids is 1. The molecule has 0 saturated heterocycles. The first-order valence-corrected chi connectivity index (χ1v) is 6.37. The summed E-state index contributed by atoms with van der Waals surface area (Å²) in [5.41, 5.74) is 0.572. The van der Waals surface area contributed by atoms with Gasteiger partial charge < -0.3 is 15.3 Å². The third kappa shape index (κ3) is 3.71. The highest BCUT2D eigenvalue weighted by atomic mass is 16.4. The second-order valence-electron chi connectivity index (χ2n) is 4.96. The lowest BCUT2D eigenvalue weighted by Crippen LogP contribution is -2.42. The summed E-state index contributed by atoms with van der Waals surface area (Å²) in [6.45, 7) is 0.687. The van der Waals surface area contributed by atoms with E-state index in [4.69, 9.17) is 0 Å². The Bertz CT molecular complexity index is 457. The summed E-state index contributed by atoms with van der Waals surface area (Å²) >= 11 is 0. The van der Waals surface area contributed by atoms with Gasteiger partial charge in [0.15, 0.2) is 6.04 Å². The van der Waals surface area contributed by atoms with Gasteiger partial charge in [-0.1, -0.05) is 30.3 Å². The molecule has 0 spiro atoms. The van der Waals surface area contributed by atoms with Gasteiger partial charge in [0.2, 0.25) is 0 Å². The number of urea groups is 1. The lowest BCUT2D eigenvalue weighted by molar-refractivity contribution is -0.139. The third-order valence-electron chi connectivity index (χ3n) is 3.22. The minimum absolute atomic E-state index is 0.344. The van der Waals surface area contributed by atoms with E-state index in [1.54, 1.807) is 36.2 Å². The van der Waals surface area contributed by atoms with Crippen LogP contribution < -0.4 is 5.32 Å². The fourth-order valence-electron chi connectivity index (χ4n) is 1.94. The molecule has 1 aliphatic carbocycles. The zero-order valence-electron chi connectivity index (χ0n) is 10.9. The molecule has 1 aromatic rings. The van der Waals surface area contributed by atoms with Gasteiger partial charge in [0.05, 0.1) is 0 Å². The first-order chi connectivity index (χ1) is 9.08. The van der Waals surface area contributed by atoms with Crippen molar-refractivity contribution in [3.05, 3.63) is 35.9 Å². The van der Waals surface area contributed by atoms with Crippen LogP contribution in [0.1, 0.15) is 24.4 Å². The topological polar surface area (TPSA) is 69.6 Å². The first kappa shape index (κ1) is 13.4. The number of nitrogens with one attached hydrogen (secondary N) is 1. The monoisotopic (exact) mass is 262 g/mol. The molecule has 2 amide bonds. The van der Waals surface area contributed by atoms with Gasteiger partial charge in [0, 0.05) is 13.6 Å². The Morgan fingerprint density at radius 1 is 1.37 bits per heavy atom. The van der Waals surface area contributed by atoms with Crippen molar-refractivity contribution in [2.24, 2.45) is 5.92 Å². The van der Waals surface area contributed by atoms with Crippen LogP contribution in [0.4, 0.5) is 4.79 Å². The van der Waals surface area contributed by atoms with E-state index in [1.807, 2.05) is 6.07 Å². The Balaban J connectivity index is 2.00. The molecule has 0 unspecified atom stereocenters. The van der Waals surface area contributed by atoms with E-state index >= 15 is 0 Å². The van der Waals surface area contributed by atoms with E-state index in [-0.39, 0.29) is 6.03 Å². The molecule has 1 aromatic carbocycles. The molecular formula is C14H18N2O3. The summed E-state index contributed by atoms with van der Waals surface area (Å²) in [5, 5.41) is 11.8. The van der Waals surface area contributed by atoms with Gasteiger partial charge in [-0.3, -0.25) is 0 Å². The number of hydrogen-bond donors (Lipinski definition) is 2. The Morgan fingerprint density at radius 2 is 2.00 bits per heavy atom. The largest absolute Gasteiger partial charge is 0.479 e. The lowest BCUT2D eigenvalue weighted by atomic mass is 10.1. The van der Waals surface area contributed by atoms with Crippen LogP contribution in [0.25, 0.3) is 0 Å². The van der Waals surface area contributed by atoms with Gasteiger partial charge in [-0.2, -0.15) is 0 Å². The zero-order chi connectivity index (χ0) is 13.8. The number of carboxylic acids is 1. The number of nitrogens with zero attached hydrogens (tertiary/aromatic N) is 1. The molecule has 102 valence electrons. The molecule has 1 atom stereocenters. The quantitative estimate of drug-likeness (QED) is 0.851. The minimum atomic E-state index is -1.06. The highest BCUT2D eigenvalue weighted by molar-refractivity contribution is 5.83. The molecule has 0 heterocycles. The van der Waals surface area contributed by atoms with Gasteiger partial charge in [-0.05, 0) is 24.3 Å². The summed E-state index contributed by atoms with van der Waals surface area (Å²) in [7, 11) is 1.69. The minimum Gasteiger partial charge on any atom is -0.479 e. The molecule has 2 N–H and O–H groups in total. The summed E-state index contributed by atoms with van der Waals surface area (Å²) in [6.07, 6.45) is 2.30. The maximum atomic E-state index is 11.9. The molecule has 0 aromatic heterocycles. The van der Waals surface area contributed by atoms with Crippen molar-refractivity contribution in [1.82, 2.24) is 10.2 Å². The highest BCUT2D eigenvalue weighted by Crippen LogP contribution is 2.29. The fraction of sp³-hybridized carbons (Fsp3) is 0.429. The van der Waals surface area contributed by atoms with Crippen LogP contribution in [0.5, 0.6) is 0 Å². The standard InChI is InChI=1S/C14H18N2O3/c1-16(9-10-7-8-10)14(19)15-12(13(17)18)11-5-3-2-4-6-11/h2-6,10,12H,7-9H2,1H3,(H,15,19)(H,17,18)/t12-/m0/s1. The summed E-state index contributed by atoms with van der Waals surface area (Å²) in [4.78, 5) is 24.8. The average molecular weight is 262 g/mol. The Kier molecular flexibility index (Phi) is 4.04.